The third kappa shape index (κ3) is 2.16. The number of nitrogens with zero attached hydrogens (tertiary/aromatic N) is 2. The second-order valence-corrected chi connectivity index (χ2v) is 4.41. The fraction of sp³-hybridized carbons (Fsp3) is 0.500. The zero-order valence-corrected chi connectivity index (χ0v) is 10.0. The van der Waals surface area contributed by atoms with Crippen LogP contribution in [-0.4, -0.2) is 42.0 Å². The summed E-state index contributed by atoms with van der Waals surface area (Å²) < 4.78 is 0. The lowest BCUT2D eigenvalue weighted by Gasteiger charge is -2.41. The van der Waals surface area contributed by atoms with E-state index in [1.54, 1.807) is 12.4 Å². The van der Waals surface area contributed by atoms with Crippen LogP contribution < -0.4 is 11.1 Å². The Morgan fingerprint density at radius 2 is 2.00 bits per heavy atom. The van der Waals surface area contributed by atoms with Crippen molar-refractivity contribution in [3.8, 4) is 0 Å². The SMILES string of the molecule is CC(C(N)=O)(c1ccncc1)N1CCNCC1. The van der Waals surface area contributed by atoms with Gasteiger partial charge in [0, 0.05) is 38.6 Å². The summed E-state index contributed by atoms with van der Waals surface area (Å²) in [6.07, 6.45) is 3.39. The van der Waals surface area contributed by atoms with Crippen LogP contribution in [0.5, 0.6) is 0 Å². The second kappa shape index (κ2) is 4.81. The molecule has 1 fully saturated rings. The molecule has 1 aromatic rings. The lowest BCUT2D eigenvalue weighted by Crippen LogP contribution is -2.58. The van der Waals surface area contributed by atoms with Gasteiger partial charge in [0.05, 0.1) is 0 Å². The number of rotatable bonds is 3. The Hall–Kier alpha value is -1.46. The van der Waals surface area contributed by atoms with E-state index in [-0.39, 0.29) is 5.91 Å². The quantitative estimate of drug-likeness (QED) is 0.752. The number of piperazine rings is 1. The van der Waals surface area contributed by atoms with E-state index in [1.807, 2.05) is 19.1 Å². The van der Waals surface area contributed by atoms with Gasteiger partial charge in [0.2, 0.25) is 5.91 Å². The Balaban J connectivity index is 2.35. The van der Waals surface area contributed by atoms with Crippen molar-refractivity contribution in [2.45, 2.75) is 12.5 Å². The lowest BCUT2D eigenvalue weighted by atomic mass is 9.89. The number of amides is 1. The smallest absolute Gasteiger partial charge is 0.242 e. The van der Waals surface area contributed by atoms with E-state index in [0.717, 1.165) is 31.7 Å². The predicted octanol–water partition coefficient (Wildman–Crippen LogP) is -0.313. The minimum Gasteiger partial charge on any atom is -0.368 e. The molecule has 1 amide bonds. The molecule has 17 heavy (non-hydrogen) atoms. The van der Waals surface area contributed by atoms with Crippen LogP contribution in [0.1, 0.15) is 12.5 Å². The van der Waals surface area contributed by atoms with E-state index in [2.05, 4.69) is 15.2 Å². The Kier molecular flexibility index (Phi) is 3.40. The van der Waals surface area contributed by atoms with Gasteiger partial charge in [-0.3, -0.25) is 14.7 Å². The highest BCUT2D eigenvalue weighted by molar-refractivity contribution is 5.85. The van der Waals surface area contributed by atoms with Crippen LogP contribution in [0.2, 0.25) is 0 Å². The molecule has 1 aliphatic heterocycles. The minimum atomic E-state index is -0.745. The van der Waals surface area contributed by atoms with Crippen LogP contribution in [-0.2, 0) is 10.3 Å². The van der Waals surface area contributed by atoms with E-state index < -0.39 is 5.54 Å². The lowest BCUT2D eigenvalue weighted by molar-refractivity contribution is -0.130. The number of carbonyl (C=O) groups is 1. The van der Waals surface area contributed by atoms with Gasteiger partial charge in [0.15, 0.2) is 0 Å². The molecule has 5 heteroatoms. The standard InChI is InChI=1S/C12H18N4O/c1-12(11(13)17,10-2-4-14-5-3-10)16-8-6-15-7-9-16/h2-5,15H,6-9H2,1H3,(H2,13,17). The van der Waals surface area contributed by atoms with Gasteiger partial charge in [-0.05, 0) is 24.6 Å². The molecular formula is C12H18N4O. The van der Waals surface area contributed by atoms with E-state index in [9.17, 15) is 4.79 Å². The van der Waals surface area contributed by atoms with Crippen molar-refractivity contribution >= 4 is 5.91 Å². The number of nitrogens with two attached hydrogens (primary N) is 1. The zero-order chi connectivity index (χ0) is 12.3. The highest BCUT2D eigenvalue weighted by Gasteiger charge is 2.39. The summed E-state index contributed by atoms with van der Waals surface area (Å²) in [4.78, 5) is 18.0. The average molecular weight is 234 g/mol. The maximum absolute atomic E-state index is 11.9. The zero-order valence-electron chi connectivity index (χ0n) is 10.0. The molecule has 0 aromatic carbocycles. The van der Waals surface area contributed by atoms with Crippen molar-refractivity contribution in [2.24, 2.45) is 5.73 Å². The normalized spacial score (nSPS) is 20.8. The number of hydrogen-bond acceptors (Lipinski definition) is 4. The Morgan fingerprint density at radius 1 is 1.41 bits per heavy atom. The minimum absolute atomic E-state index is 0.314. The van der Waals surface area contributed by atoms with Gasteiger partial charge in [-0.25, -0.2) is 0 Å². The molecule has 1 aromatic heterocycles. The Morgan fingerprint density at radius 3 is 2.53 bits per heavy atom. The molecule has 0 aliphatic carbocycles. The molecule has 1 aliphatic rings. The van der Waals surface area contributed by atoms with Crippen LogP contribution in [0.25, 0.3) is 0 Å². The molecule has 1 saturated heterocycles. The monoisotopic (exact) mass is 234 g/mol. The van der Waals surface area contributed by atoms with Crippen molar-refractivity contribution in [3.05, 3.63) is 30.1 Å². The Bertz CT molecular complexity index is 389. The molecule has 0 saturated carbocycles. The molecule has 0 radical (unpaired) electrons. The van der Waals surface area contributed by atoms with Gasteiger partial charge in [0.25, 0.3) is 0 Å². The number of aromatic nitrogens is 1. The van der Waals surface area contributed by atoms with Crippen molar-refractivity contribution in [1.29, 1.82) is 0 Å². The fourth-order valence-corrected chi connectivity index (χ4v) is 2.27. The molecule has 5 nitrogen and oxygen atoms in total. The maximum atomic E-state index is 11.9. The van der Waals surface area contributed by atoms with Gasteiger partial charge in [-0.2, -0.15) is 0 Å². The second-order valence-electron chi connectivity index (χ2n) is 4.41. The summed E-state index contributed by atoms with van der Waals surface area (Å²) >= 11 is 0. The highest BCUT2D eigenvalue weighted by Crippen LogP contribution is 2.27. The molecule has 3 N–H and O–H groups in total. The third-order valence-electron chi connectivity index (χ3n) is 3.47. The number of pyridine rings is 1. The molecule has 92 valence electrons. The number of primary amides is 1. The average Bonchev–Trinajstić information content (AvgIpc) is 2.39. The van der Waals surface area contributed by atoms with Crippen LogP contribution in [0.3, 0.4) is 0 Å². The van der Waals surface area contributed by atoms with E-state index >= 15 is 0 Å². The van der Waals surface area contributed by atoms with Gasteiger partial charge < -0.3 is 11.1 Å². The number of nitrogens with one attached hydrogen (secondary N) is 1. The molecule has 2 heterocycles. The first-order valence-corrected chi connectivity index (χ1v) is 5.82. The molecule has 2 rings (SSSR count). The van der Waals surface area contributed by atoms with Crippen LogP contribution in [0.4, 0.5) is 0 Å². The first-order valence-electron chi connectivity index (χ1n) is 5.82. The van der Waals surface area contributed by atoms with Gasteiger partial charge in [-0.1, -0.05) is 0 Å². The molecule has 1 unspecified atom stereocenters. The van der Waals surface area contributed by atoms with Crippen molar-refractivity contribution in [3.63, 3.8) is 0 Å². The van der Waals surface area contributed by atoms with E-state index in [0.29, 0.717) is 0 Å². The van der Waals surface area contributed by atoms with Crippen molar-refractivity contribution in [1.82, 2.24) is 15.2 Å². The van der Waals surface area contributed by atoms with Crippen molar-refractivity contribution < 1.29 is 4.79 Å². The summed E-state index contributed by atoms with van der Waals surface area (Å²) in [5.41, 5.74) is 5.77. The summed E-state index contributed by atoms with van der Waals surface area (Å²) in [7, 11) is 0. The largest absolute Gasteiger partial charge is 0.368 e. The van der Waals surface area contributed by atoms with Gasteiger partial charge >= 0.3 is 0 Å². The number of hydrogen-bond donors (Lipinski definition) is 2. The molecule has 0 bridgehead atoms. The maximum Gasteiger partial charge on any atom is 0.242 e. The van der Waals surface area contributed by atoms with Crippen LogP contribution in [0.15, 0.2) is 24.5 Å². The summed E-state index contributed by atoms with van der Waals surface area (Å²) in [5.74, 6) is -0.314. The number of carbonyl (C=O) groups excluding carboxylic acids is 1. The topological polar surface area (TPSA) is 71.2 Å². The summed E-state index contributed by atoms with van der Waals surface area (Å²) in [6.45, 7) is 5.29. The molecular weight excluding hydrogens is 216 g/mol. The first-order chi connectivity index (χ1) is 8.15. The highest BCUT2D eigenvalue weighted by atomic mass is 16.1. The summed E-state index contributed by atoms with van der Waals surface area (Å²) in [6, 6.07) is 3.71. The van der Waals surface area contributed by atoms with Crippen molar-refractivity contribution in [2.75, 3.05) is 26.2 Å². The molecule has 0 spiro atoms. The van der Waals surface area contributed by atoms with Gasteiger partial charge in [0.1, 0.15) is 5.54 Å². The van der Waals surface area contributed by atoms with Crippen LogP contribution in [0, 0.1) is 0 Å². The van der Waals surface area contributed by atoms with Gasteiger partial charge in [-0.15, -0.1) is 0 Å². The first kappa shape index (κ1) is 12.0. The summed E-state index contributed by atoms with van der Waals surface area (Å²) in [5, 5.41) is 3.27. The van der Waals surface area contributed by atoms with E-state index in [1.165, 1.54) is 0 Å². The predicted molar refractivity (Wildman–Crippen MR) is 65.2 cm³/mol. The third-order valence-corrected chi connectivity index (χ3v) is 3.47. The van der Waals surface area contributed by atoms with E-state index in [4.69, 9.17) is 5.73 Å². The Labute approximate surface area is 101 Å². The fourth-order valence-electron chi connectivity index (χ4n) is 2.27. The van der Waals surface area contributed by atoms with Crippen LogP contribution >= 0.6 is 0 Å². The molecule has 1 atom stereocenters.